The normalized spacial score (nSPS) is 16.0. The van der Waals surface area contributed by atoms with Crippen molar-refractivity contribution in [3.8, 4) is 0 Å². The standard InChI is InChI=1S/C9H10BrN3O3/c10-7-1-8(13(15)16)9(11-2-7)12-3-6(4-12)5-14/h1-2,6,14H,3-5H2. The van der Waals surface area contributed by atoms with Gasteiger partial charge in [-0.2, -0.15) is 0 Å². The van der Waals surface area contributed by atoms with Crippen LogP contribution in [0.15, 0.2) is 16.7 Å². The molecule has 0 atom stereocenters. The van der Waals surface area contributed by atoms with E-state index in [4.69, 9.17) is 5.11 Å². The molecule has 1 N–H and O–H groups in total. The highest BCUT2D eigenvalue weighted by Gasteiger charge is 2.31. The Morgan fingerprint density at radius 1 is 1.69 bits per heavy atom. The number of nitro groups is 1. The molecule has 1 aromatic heterocycles. The fraction of sp³-hybridized carbons (Fsp3) is 0.444. The zero-order chi connectivity index (χ0) is 11.7. The number of nitrogens with zero attached hydrogens (tertiary/aromatic N) is 3. The van der Waals surface area contributed by atoms with Crippen LogP contribution < -0.4 is 4.90 Å². The first-order chi connectivity index (χ1) is 7.61. The molecule has 0 unspecified atom stereocenters. The van der Waals surface area contributed by atoms with Crippen molar-refractivity contribution in [2.24, 2.45) is 5.92 Å². The second-order valence-corrected chi connectivity index (χ2v) is 4.62. The zero-order valence-electron chi connectivity index (χ0n) is 8.34. The van der Waals surface area contributed by atoms with Gasteiger partial charge in [-0.05, 0) is 15.9 Å². The summed E-state index contributed by atoms with van der Waals surface area (Å²) in [6, 6.07) is 1.44. The topological polar surface area (TPSA) is 79.5 Å². The van der Waals surface area contributed by atoms with Gasteiger partial charge in [-0.25, -0.2) is 4.98 Å². The van der Waals surface area contributed by atoms with E-state index in [1.54, 1.807) is 4.90 Å². The van der Waals surface area contributed by atoms with Crippen molar-refractivity contribution in [2.45, 2.75) is 0 Å². The van der Waals surface area contributed by atoms with Crippen molar-refractivity contribution in [1.29, 1.82) is 0 Å². The minimum Gasteiger partial charge on any atom is -0.396 e. The number of hydrogen-bond donors (Lipinski definition) is 1. The third-order valence-corrected chi connectivity index (χ3v) is 2.96. The molecule has 1 saturated heterocycles. The maximum atomic E-state index is 10.8. The van der Waals surface area contributed by atoms with Crippen LogP contribution in [0.3, 0.4) is 0 Å². The Kier molecular flexibility index (Phi) is 3.06. The van der Waals surface area contributed by atoms with Crippen LogP contribution in [-0.4, -0.2) is 34.7 Å². The van der Waals surface area contributed by atoms with E-state index in [1.165, 1.54) is 12.3 Å². The molecule has 1 fully saturated rings. The lowest BCUT2D eigenvalue weighted by atomic mass is 10.0. The van der Waals surface area contributed by atoms with E-state index in [9.17, 15) is 10.1 Å². The van der Waals surface area contributed by atoms with Crippen LogP contribution in [0.25, 0.3) is 0 Å². The third kappa shape index (κ3) is 2.00. The van der Waals surface area contributed by atoms with Gasteiger partial charge in [0.05, 0.1) is 4.92 Å². The molecule has 7 heteroatoms. The van der Waals surface area contributed by atoms with Gasteiger partial charge in [-0.3, -0.25) is 10.1 Å². The van der Waals surface area contributed by atoms with E-state index in [0.717, 1.165) is 0 Å². The minimum atomic E-state index is -0.445. The Morgan fingerprint density at radius 3 is 2.94 bits per heavy atom. The van der Waals surface area contributed by atoms with Crippen LogP contribution >= 0.6 is 15.9 Å². The molecule has 6 nitrogen and oxygen atoms in total. The van der Waals surface area contributed by atoms with Crippen molar-refractivity contribution < 1.29 is 10.0 Å². The molecule has 0 aromatic carbocycles. The molecule has 1 aliphatic rings. The van der Waals surface area contributed by atoms with E-state index in [-0.39, 0.29) is 18.2 Å². The zero-order valence-corrected chi connectivity index (χ0v) is 9.92. The van der Waals surface area contributed by atoms with E-state index in [0.29, 0.717) is 23.4 Å². The smallest absolute Gasteiger partial charge is 0.312 e. The van der Waals surface area contributed by atoms with Gasteiger partial charge in [0.15, 0.2) is 0 Å². The monoisotopic (exact) mass is 287 g/mol. The highest BCUT2D eigenvalue weighted by atomic mass is 79.9. The Hall–Kier alpha value is -1.21. The second-order valence-electron chi connectivity index (χ2n) is 3.71. The van der Waals surface area contributed by atoms with E-state index in [2.05, 4.69) is 20.9 Å². The Balaban J connectivity index is 2.24. The highest BCUT2D eigenvalue weighted by Crippen LogP contribution is 2.32. The number of anilines is 1. The number of halogens is 1. The van der Waals surface area contributed by atoms with Crippen LogP contribution in [0.1, 0.15) is 0 Å². The van der Waals surface area contributed by atoms with Crippen LogP contribution in [0.4, 0.5) is 11.5 Å². The summed E-state index contributed by atoms with van der Waals surface area (Å²) in [5, 5.41) is 19.7. The molecular weight excluding hydrogens is 278 g/mol. The number of rotatable bonds is 3. The molecule has 0 spiro atoms. The maximum Gasteiger partial charge on any atom is 0.312 e. The third-order valence-electron chi connectivity index (χ3n) is 2.53. The predicted molar refractivity (Wildman–Crippen MR) is 61.4 cm³/mol. The van der Waals surface area contributed by atoms with Gasteiger partial charge in [0.1, 0.15) is 0 Å². The van der Waals surface area contributed by atoms with Crippen LogP contribution in [0.2, 0.25) is 0 Å². The molecule has 0 amide bonds. The molecule has 2 heterocycles. The predicted octanol–water partition coefficient (Wildman–Crippen LogP) is 1.18. The first-order valence-electron chi connectivity index (χ1n) is 4.77. The van der Waals surface area contributed by atoms with Gasteiger partial charge < -0.3 is 10.0 Å². The largest absolute Gasteiger partial charge is 0.396 e. The summed E-state index contributed by atoms with van der Waals surface area (Å²) in [7, 11) is 0. The van der Waals surface area contributed by atoms with Crippen molar-refractivity contribution >= 4 is 27.4 Å². The molecule has 2 rings (SSSR count). The fourth-order valence-electron chi connectivity index (χ4n) is 1.66. The summed E-state index contributed by atoms with van der Waals surface area (Å²) in [5.41, 5.74) is -0.00855. The Labute approximate surface area is 100 Å². The molecule has 0 aliphatic carbocycles. The second kappa shape index (κ2) is 4.34. The average molecular weight is 288 g/mol. The molecule has 86 valence electrons. The molecule has 1 aliphatic heterocycles. The number of hydrogen-bond acceptors (Lipinski definition) is 5. The molecular formula is C9H10BrN3O3. The number of aliphatic hydroxyl groups excluding tert-OH is 1. The minimum absolute atomic E-state index is 0.00855. The number of aromatic nitrogens is 1. The fourth-order valence-corrected chi connectivity index (χ4v) is 1.98. The summed E-state index contributed by atoms with van der Waals surface area (Å²) in [4.78, 5) is 16.2. The van der Waals surface area contributed by atoms with Crippen molar-refractivity contribution in [3.05, 3.63) is 26.9 Å². The van der Waals surface area contributed by atoms with Gasteiger partial charge in [0, 0.05) is 42.4 Å². The van der Waals surface area contributed by atoms with Crippen LogP contribution in [0, 0.1) is 16.0 Å². The summed E-state index contributed by atoms with van der Waals surface area (Å²) >= 11 is 3.15. The van der Waals surface area contributed by atoms with E-state index in [1.807, 2.05) is 0 Å². The van der Waals surface area contributed by atoms with Crippen LogP contribution in [-0.2, 0) is 0 Å². The van der Waals surface area contributed by atoms with E-state index < -0.39 is 4.92 Å². The van der Waals surface area contributed by atoms with Gasteiger partial charge in [-0.15, -0.1) is 0 Å². The van der Waals surface area contributed by atoms with Crippen molar-refractivity contribution in [1.82, 2.24) is 4.98 Å². The van der Waals surface area contributed by atoms with Crippen molar-refractivity contribution in [3.63, 3.8) is 0 Å². The van der Waals surface area contributed by atoms with Crippen LogP contribution in [0.5, 0.6) is 0 Å². The lowest BCUT2D eigenvalue weighted by molar-refractivity contribution is -0.384. The number of pyridine rings is 1. The summed E-state index contributed by atoms with van der Waals surface area (Å²) < 4.78 is 0.585. The highest BCUT2D eigenvalue weighted by molar-refractivity contribution is 9.10. The van der Waals surface area contributed by atoms with Gasteiger partial charge in [-0.1, -0.05) is 0 Å². The van der Waals surface area contributed by atoms with Gasteiger partial charge >= 0.3 is 5.69 Å². The summed E-state index contributed by atoms with van der Waals surface area (Å²) in [6.45, 7) is 1.35. The van der Waals surface area contributed by atoms with Gasteiger partial charge in [0.25, 0.3) is 0 Å². The average Bonchev–Trinajstić information content (AvgIpc) is 2.18. The van der Waals surface area contributed by atoms with Crippen molar-refractivity contribution in [2.75, 3.05) is 24.6 Å². The molecule has 0 saturated carbocycles. The number of aliphatic hydroxyl groups is 1. The lowest BCUT2D eigenvalue weighted by Crippen LogP contribution is -2.49. The molecule has 16 heavy (non-hydrogen) atoms. The molecule has 0 bridgehead atoms. The maximum absolute atomic E-state index is 10.8. The van der Waals surface area contributed by atoms with Gasteiger partial charge in [0.2, 0.25) is 5.82 Å². The SMILES string of the molecule is O=[N+]([O-])c1cc(Br)cnc1N1CC(CO)C1. The Bertz CT molecular complexity index is 420. The first kappa shape index (κ1) is 11.3. The Morgan fingerprint density at radius 2 is 2.38 bits per heavy atom. The lowest BCUT2D eigenvalue weighted by Gasteiger charge is -2.38. The molecule has 1 aromatic rings. The first-order valence-corrected chi connectivity index (χ1v) is 5.57. The molecule has 0 radical (unpaired) electrons. The van der Waals surface area contributed by atoms with E-state index >= 15 is 0 Å². The quantitative estimate of drug-likeness (QED) is 0.667. The summed E-state index contributed by atoms with van der Waals surface area (Å²) in [6.07, 6.45) is 1.54. The summed E-state index contributed by atoms with van der Waals surface area (Å²) in [5.74, 6) is 0.572.